The Kier molecular flexibility index (Phi) is 5.65. The van der Waals surface area contributed by atoms with E-state index < -0.39 is 0 Å². The Morgan fingerprint density at radius 1 is 1.16 bits per heavy atom. The highest BCUT2D eigenvalue weighted by Gasteiger charge is 2.00. The van der Waals surface area contributed by atoms with Crippen LogP contribution in [-0.4, -0.2) is 29.0 Å². The Hall–Kier alpha value is -1.59. The molecule has 0 spiro atoms. The van der Waals surface area contributed by atoms with Gasteiger partial charge in [-0.2, -0.15) is 17.7 Å². The zero-order valence-electron chi connectivity index (χ0n) is 10.6. The van der Waals surface area contributed by atoms with Crippen molar-refractivity contribution in [3.05, 3.63) is 48.2 Å². The number of rotatable bonds is 7. The predicted molar refractivity (Wildman–Crippen MR) is 79.0 cm³/mol. The zero-order chi connectivity index (χ0) is 13.3. The molecule has 0 aliphatic rings. The second-order valence-corrected chi connectivity index (χ2v) is 4.48. The van der Waals surface area contributed by atoms with Crippen molar-refractivity contribution in [2.75, 3.05) is 18.8 Å². The third-order valence-corrected chi connectivity index (χ3v) is 2.77. The van der Waals surface area contributed by atoms with Gasteiger partial charge in [-0.3, -0.25) is 0 Å². The molecule has 0 unspecified atom stereocenters. The van der Waals surface area contributed by atoms with Crippen molar-refractivity contribution in [1.82, 2.24) is 15.5 Å². The van der Waals surface area contributed by atoms with Crippen molar-refractivity contribution in [2.45, 2.75) is 6.42 Å². The van der Waals surface area contributed by atoms with Crippen LogP contribution in [0.3, 0.4) is 0 Å². The highest BCUT2D eigenvalue weighted by atomic mass is 32.1. The number of aromatic nitrogens is 2. The Bertz CT molecular complexity index is 493. The van der Waals surface area contributed by atoms with E-state index in [-0.39, 0.29) is 0 Å². The fourth-order valence-electron chi connectivity index (χ4n) is 1.66. The number of hydrogen-bond donors (Lipinski definition) is 2. The number of thiol groups is 1. The molecule has 0 radical (unpaired) electrons. The minimum atomic E-state index is 0.507. The number of hydrogen-bond acceptors (Lipinski definition) is 5. The van der Waals surface area contributed by atoms with Crippen LogP contribution in [0.5, 0.6) is 11.6 Å². The SMILES string of the molecule is SCCNCCc1cccc(Oc2cccnn2)c1. The van der Waals surface area contributed by atoms with Crippen LogP contribution in [0.1, 0.15) is 5.56 Å². The quantitative estimate of drug-likeness (QED) is 0.601. The summed E-state index contributed by atoms with van der Waals surface area (Å²) in [5.41, 5.74) is 1.23. The molecule has 0 saturated heterocycles. The smallest absolute Gasteiger partial charge is 0.238 e. The van der Waals surface area contributed by atoms with E-state index in [0.29, 0.717) is 5.88 Å². The average Bonchev–Trinajstić information content (AvgIpc) is 2.45. The normalized spacial score (nSPS) is 10.4. The van der Waals surface area contributed by atoms with E-state index in [4.69, 9.17) is 4.74 Å². The summed E-state index contributed by atoms with van der Waals surface area (Å²) < 4.78 is 5.64. The molecule has 4 nitrogen and oxygen atoms in total. The van der Waals surface area contributed by atoms with Gasteiger partial charge in [-0.1, -0.05) is 12.1 Å². The van der Waals surface area contributed by atoms with Gasteiger partial charge in [-0.05, 0) is 36.7 Å². The maximum absolute atomic E-state index is 5.64. The van der Waals surface area contributed by atoms with E-state index in [2.05, 4.69) is 34.2 Å². The van der Waals surface area contributed by atoms with Crippen LogP contribution in [0.2, 0.25) is 0 Å². The van der Waals surface area contributed by atoms with Crippen LogP contribution in [0.4, 0.5) is 0 Å². The predicted octanol–water partition coefficient (Wildman–Crippen LogP) is 2.33. The third kappa shape index (κ3) is 4.89. The molecule has 1 N–H and O–H groups in total. The summed E-state index contributed by atoms with van der Waals surface area (Å²) in [6.45, 7) is 1.87. The van der Waals surface area contributed by atoms with E-state index >= 15 is 0 Å². The summed E-state index contributed by atoms with van der Waals surface area (Å²) in [4.78, 5) is 0. The van der Waals surface area contributed by atoms with Crippen LogP contribution in [0, 0.1) is 0 Å². The molecule has 0 aliphatic carbocycles. The van der Waals surface area contributed by atoms with E-state index in [0.717, 1.165) is 31.0 Å². The molecule has 2 rings (SSSR count). The van der Waals surface area contributed by atoms with Gasteiger partial charge in [0.15, 0.2) is 0 Å². The molecule has 0 bridgehead atoms. The first kappa shape index (κ1) is 13.8. The molecule has 0 saturated carbocycles. The van der Waals surface area contributed by atoms with Crippen molar-refractivity contribution < 1.29 is 4.74 Å². The summed E-state index contributed by atoms with van der Waals surface area (Å²) in [5, 5.41) is 11.0. The lowest BCUT2D eigenvalue weighted by Gasteiger charge is -2.07. The fraction of sp³-hybridized carbons (Fsp3) is 0.286. The first-order chi connectivity index (χ1) is 9.38. The Morgan fingerprint density at radius 3 is 2.89 bits per heavy atom. The summed E-state index contributed by atoms with van der Waals surface area (Å²) in [6.07, 6.45) is 2.59. The summed E-state index contributed by atoms with van der Waals surface area (Å²) in [5.74, 6) is 2.15. The Balaban J connectivity index is 1.91. The van der Waals surface area contributed by atoms with Crippen molar-refractivity contribution in [2.24, 2.45) is 0 Å². The maximum Gasteiger partial charge on any atom is 0.238 e. The van der Waals surface area contributed by atoms with Crippen LogP contribution in [-0.2, 0) is 6.42 Å². The number of nitrogens with zero attached hydrogens (tertiary/aromatic N) is 2. The van der Waals surface area contributed by atoms with E-state index in [9.17, 15) is 0 Å². The summed E-state index contributed by atoms with van der Waals surface area (Å²) >= 11 is 4.16. The lowest BCUT2D eigenvalue weighted by molar-refractivity contribution is 0.454. The van der Waals surface area contributed by atoms with Gasteiger partial charge in [-0.25, -0.2) is 0 Å². The summed E-state index contributed by atoms with van der Waals surface area (Å²) in [6, 6.07) is 11.6. The molecule has 0 fully saturated rings. The minimum absolute atomic E-state index is 0.507. The van der Waals surface area contributed by atoms with Gasteiger partial charge < -0.3 is 10.1 Å². The highest BCUT2D eigenvalue weighted by Crippen LogP contribution is 2.19. The van der Waals surface area contributed by atoms with Crippen molar-refractivity contribution in [1.29, 1.82) is 0 Å². The second-order valence-electron chi connectivity index (χ2n) is 4.03. The molecular weight excluding hydrogens is 258 g/mol. The molecular formula is C14H17N3OS. The molecule has 0 atom stereocenters. The monoisotopic (exact) mass is 275 g/mol. The Morgan fingerprint density at radius 2 is 2.11 bits per heavy atom. The summed E-state index contributed by atoms with van der Waals surface area (Å²) in [7, 11) is 0. The number of nitrogens with one attached hydrogen (secondary N) is 1. The molecule has 100 valence electrons. The number of ether oxygens (including phenoxy) is 1. The lowest BCUT2D eigenvalue weighted by atomic mass is 10.1. The van der Waals surface area contributed by atoms with Gasteiger partial charge in [0.05, 0.1) is 0 Å². The minimum Gasteiger partial charge on any atom is -0.438 e. The van der Waals surface area contributed by atoms with Gasteiger partial charge >= 0.3 is 0 Å². The molecule has 0 amide bonds. The van der Waals surface area contributed by atoms with Gasteiger partial charge in [0.1, 0.15) is 5.75 Å². The zero-order valence-corrected chi connectivity index (χ0v) is 11.5. The van der Waals surface area contributed by atoms with Crippen molar-refractivity contribution >= 4 is 12.6 Å². The molecule has 1 aromatic carbocycles. The van der Waals surface area contributed by atoms with E-state index in [1.807, 2.05) is 18.2 Å². The molecule has 0 aliphatic heterocycles. The molecule has 1 heterocycles. The van der Waals surface area contributed by atoms with Gasteiger partial charge in [0, 0.05) is 24.6 Å². The molecule has 1 aromatic heterocycles. The molecule has 2 aromatic rings. The van der Waals surface area contributed by atoms with Crippen LogP contribution in [0.25, 0.3) is 0 Å². The first-order valence-electron chi connectivity index (χ1n) is 6.24. The average molecular weight is 275 g/mol. The molecule has 19 heavy (non-hydrogen) atoms. The van der Waals surface area contributed by atoms with Crippen LogP contribution >= 0.6 is 12.6 Å². The Labute approximate surface area is 118 Å². The van der Waals surface area contributed by atoms with Crippen molar-refractivity contribution in [3.8, 4) is 11.6 Å². The van der Waals surface area contributed by atoms with Crippen molar-refractivity contribution in [3.63, 3.8) is 0 Å². The van der Waals surface area contributed by atoms with E-state index in [1.54, 1.807) is 18.3 Å². The molecule has 5 heteroatoms. The second kappa shape index (κ2) is 7.76. The van der Waals surface area contributed by atoms with E-state index in [1.165, 1.54) is 5.56 Å². The fourth-order valence-corrected chi connectivity index (χ4v) is 1.82. The van der Waals surface area contributed by atoms with Crippen LogP contribution in [0.15, 0.2) is 42.6 Å². The largest absolute Gasteiger partial charge is 0.438 e. The highest BCUT2D eigenvalue weighted by molar-refractivity contribution is 7.80. The van der Waals surface area contributed by atoms with Gasteiger partial charge in [0.2, 0.25) is 5.88 Å². The standard InChI is InChI=1S/C14H17N3OS/c19-10-9-15-8-6-12-3-1-4-13(11-12)18-14-5-2-7-16-17-14/h1-5,7,11,15,19H,6,8-10H2. The van der Waals surface area contributed by atoms with Gasteiger partial charge in [0.25, 0.3) is 0 Å². The van der Waals surface area contributed by atoms with Gasteiger partial charge in [-0.15, -0.1) is 5.10 Å². The first-order valence-corrected chi connectivity index (χ1v) is 6.88. The lowest BCUT2D eigenvalue weighted by Crippen LogP contribution is -2.19. The third-order valence-electron chi connectivity index (χ3n) is 2.55. The van der Waals surface area contributed by atoms with Crippen LogP contribution < -0.4 is 10.1 Å². The number of benzene rings is 1. The maximum atomic E-state index is 5.64. The topological polar surface area (TPSA) is 47.0 Å².